The molecule has 1 aliphatic rings. The minimum atomic E-state index is -4.17. The Morgan fingerprint density at radius 2 is 1.88 bits per heavy atom. The molecule has 0 atom stereocenters. The monoisotopic (exact) mass is 371 g/mol. The summed E-state index contributed by atoms with van der Waals surface area (Å²) in [5.41, 5.74) is 0.729. The van der Waals surface area contributed by atoms with E-state index >= 15 is 0 Å². The zero-order valence-corrected chi connectivity index (χ0v) is 15.0. The van der Waals surface area contributed by atoms with Crippen LogP contribution < -0.4 is 8.92 Å². The average molecular weight is 371 g/mol. The maximum Gasteiger partial charge on any atom is 0.340 e. The molecule has 2 aromatic rings. The molecule has 1 fully saturated rings. The highest BCUT2D eigenvalue weighted by Gasteiger charge is 2.29. The third kappa shape index (κ3) is 4.21. The SMILES string of the molecule is Cc1cc(OCC(=O)C2CC2)cc(OS(=O)(=O)c2ccccc2C#N)c1. The molecule has 6 nitrogen and oxygen atoms in total. The summed E-state index contributed by atoms with van der Waals surface area (Å²) >= 11 is 0. The second kappa shape index (κ2) is 7.18. The lowest BCUT2D eigenvalue weighted by atomic mass is 10.2. The third-order valence-corrected chi connectivity index (χ3v) is 5.23. The zero-order chi connectivity index (χ0) is 18.7. The van der Waals surface area contributed by atoms with Gasteiger partial charge in [-0.3, -0.25) is 4.79 Å². The zero-order valence-electron chi connectivity index (χ0n) is 14.1. The highest BCUT2D eigenvalue weighted by Crippen LogP contribution is 2.31. The first-order valence-electron chi connectivity index (χ1n) is 8.10. The Morgan fingerprint density at radius 3 is 2.58 bits per heavy atom. The normalized spacial score (nSPS) is 13.7. The summed E-state index contributed by atoms with van der Waals surface area (Å²) in [5, 5.41) is 9.09. The first-order chi connectivity index (χ1) is 12.4. The fourth-order valence-corrected chi connectivity index (χ4v) is 3.54. The molecule has 1 saturated carbocycles. The van der Waals surface area contributed by atoms with Crippen LogP contribution in [-0.4, -0.2) is 20.8 Å². The van der Waals surface area contributed by atoms with Crippen molar-refractivity contribution in [1.29, 1.82) is 5.26 Å². The predicted molar refractivity (Wildman–Crippen MR) is 93.4 cm³/mol. The summed E-state index contributed by atoms with van der Waals surface area (Å²) in [4.78, 5) is 11.6. The highest BCUT2D eigenvalue weighted by molar-refractivity contribution is 7.87. The average Bonchev–Trinajstić information content (AvgIpc) is 3.44. The van der Waals surface area contributed by atoms with Crippen molar-refractivity contribution >= 4 is 15.9 Å². The van der Waals surface area contributed by atoms with Crippen LogP contribution in [-0.2, 0) is 14.9 Å². The van der Waals surface area contributed by atoms with Crippen LogP contribution in [0.15, 0.2) is 47.4 Å². The van der Waals surface area contributed by atoms with Crippen molar-refractivity contribution in [3.63, 3.8) is 0 Å². The lowest BCUT2D eigenvalue weighted by molar-refractivity contribution is -0.122. The van der Waals surface area contributed by atoms with Crippen molar-refractivity contribution in [3.05, 3.63) is 53.6 Å². The smallest absolute Gasteiger partial charge is 0.340 e. The molecule has 0 aliphatic heterocycles. The summed E-state index contributed by atoms with van der Waals surface area (Å²) in [5.74, 6) is 0.562. The molecule has 0 saturated heterocycles. The van der Waals surface area contributed by atoms with Crippen molar-refractivity contribution < 1.29 is 22.1 Å². The van der Waals surface area contributed by atoms with E-state index < -0.39 is 10.1 Å². The van der Waals surface area contributed by atoms with E-state index in [-0.39, 0.29) is 34.5 Å². The van der Waals surface area contributed by atoms with Crippen molar-refractivity contribution in [2.75, 3.05) is 6.61 Å². The maximum absolute atomic E-state index is 12.5. The van der Waals surface area contributed by atoms with Crippen LogP contribution in [0.25, 0.3) is 0 Å². The Morgan fingerprint density at radius 1 is 1.19 bits per heavy atom. The number of ether oxygens (including phenoxy) is 1. The fourth-order valence-electron chi connectivity index (χ4n) is 2.47. The van der Waals surface area contributed by atoms with Gasteiger partial charge >= 0.3 is 10.1 Å². The molecule has 0 aromatic heterocycles. The van der Waals surface area contributed by atoms with E-state index in [1.54, 1.807) is 25.1 Å². The van der Waals surface area contributed by atoms with Gasteiger partial charge in [0, 0.05) is 12.0 Å². The van der Waals surface area contributed by atoms with E-state index in [2.05, 4.69) is 0 Å². The second-order valence-electron chi connectivity index (χ2n) is 6.16. The highest BCUT2D eigenvalue weighted by atomic mass is 32.2. The molecule has 3 rings (SSSR count). The standard InChI is InChI=1S/C19H17NO5S/c1-13-8-16(24-12-18(21)14-6-7-14)10-17(9-13)25-26(22,23)19-5-3-2-4-15(19)11-20/h2-5,8-10,14H,6-7,12H2,1H3. The number of hydrogen-bond acceptors (Lipinski definition) is 6. The molecule has 2 aromatic carbocycles. The number of hydrogen-bond donors (Lipinski definition) is 0. The molecule has 0 N–H and O–H groups in total. The van der Waals surface area contributed by atoms with Crippen molar-refractivity contribution in [3.8, 4) is 17.6 Å². The van der Waals surface area contributed by atoms with Crippen molar-refractivity contribution in [2.45, 2.75) is 24.7 Å². The molecular weight excluding hydrogens is 354 g/mol. The summed E-state index contributed by atoms with van der Waals surface area (Å²) < 4.78 is 35.7. The predicted octanol–water partition coefficient (Wildman–Crippen LogP) is 2.99. The van der Waals surface area contributed by atoms with E-state index in [1.165, 1.54) is 24.3 Å². The minimum absolute atomic E-state index is 0.00616. The van der Waals surface area contributed by atoms with Gasteiger partial charge in [0.1, 0.15) is 29.1 Å². The van der Waals surface area contributed by atoms with E-state index in [0.717, 1.165) is 18.4 Å². The number of Topliss-reactive ketones (excluding diaryl/α,β-unsaturated/α-hetero) is 1. The fraction of sp³-hybridized carbons (Fsp3) is 0.263. The van der Waals surface area contributed by atoms with Gasteiger partial charge in [-0.25, -0.2) is 0 Å². The van der Waals surface area contributed by atoms with Gasteiger partial charge < -0.3 is 8.92 Å². The summed E-state index contributed by atoms with van der Waals surface area (Å²) in [6, 6.07) is 12.3. The number of ketones is 1. The van der Waals surface area contributed by atoms with Crippen LogP contribution in [0.3, 0.4) is 0 Å². The maximum atomic E-state index is 12.5. The molecule has 1 aliphatic carbocycles. The van der Waals surface area contributed by atoms with Gasteiger partial charge in [-0.2, -0.15) is 13.7 Å². The quantitative estimate of drug-likeness (QED) is 0.695. The Kier molecular flexibility index (Phi) is 4.96. The largest absolute Gasteiger partial charge is 0.486 e. The first kappa shape index (κ1) is 18.0. The van der Waals surface area contributed by atoms with E-state index in [0.29, 0.717) is 5.75 Å². The molecule has 0 unspecified atom stereocenters. The van der Waals surface area contributed by atoms with Crippen molar-refractivity contribution in [1.82, 2.24) is 0 Å². The molecule has 0 spiro atoms. The lowest BCUT2D eigenvalue weighted by Gasteiger charge is -2.11. The number of nitriles is 1. The van der Waals surface area contributed by atoms with E-state index in [4.69, 9.17) is 14.2 Å². The van der Waals surface area contributed by atoms with Gasteiger partial charge in [-0.1, -0.05) is 12.1 Å². The lowest BCUT2D eigenvalue weighted by Crippen LogP contribution is -2.14. The number of carbonyl (C=O) groups excluding carboxylic acids is 1. The van der Waals surface area contributed by atoms with Crippen LogP contribution in [0.2, 0.25) is 0 Å². The summed E-state index contributed by atoms with van der Waals surface area (Å²) in [7, 11) is -4.17. The van der Waals surface area contributed by atoms with Crippen LogP contribution in [0.4, 0.5) is 0 Å². The molecule has 134 valence electrons. The van der Waals surface area contributed by atoms with Gasteiger partial charge in [0.05, 0.1) is 5.56 Å². The Balaban J connectivity index is 1.80. The summed E-state index contributed by atoms with van der Waals surface area (Å²) in [6.45, 7) is 1.72. The van der Waals surface area contributed by atoms with Crippen LogP contribution >= 0.6 is 0 Å². The Labute approximate surface area is 152 Å². The number of nitrogens with zero attached hydrogens (tertiary/aromatic N) is 1. The van der Waals surface area contributed by atoms with Crippen LogP contribution in [0, 0.1) is 24.2 Å². The van der Waals surface area contributed by atoms with Crippen LogP contribution in [0.1, 0.15) is 24.0 Å². The molecule has 7 heteroatoms. The molecule has 26 heavy (non-hydrogen) atoms. The molecular formula is C19H17NO5S. The Bertz CT molecular complexity index is 987. The topological polar surface area (TPSA) is 93.5 Å². The number of carbonyl (C=O) groups is 1. The molecule has 0 heterocycles. The number of aryl methyl sites for hydroxylation is 1. The summed E-state index contributed by atoms with van der Waals surface area (Å²) in [6.07, 6.45) is 1.81. The number of benzene rings is 2. The van der Waals surface area contributed by atoms with Crippen molar-refractivity contribution in [2.24, 2.45) is 5.92 Å². The second-order valence-corrected chi connectivity index (χ2v) is 7.67. The van der Waals surface area contributed by atoms with E-state index in [1.807, 2.05) is 6.07 Å². The number of rotatable bonds is 7. The molecule has 0 radical (unpaired) electrons. The van der Waals surface area contributed by atoms with Gasteiger partial charge in [-0.15, -0.1) is 0 Å². The Hall–Kier alpha value is -2.85. The molecule has 0 amide bonds. The minimum Gasteiger partial charge on any atom is -0.486 e. The third-order valence-electron chi connectivity index (χ3n) is 3.92. The van der Waals surface area contributed by atoms with Gasteiger partial charge in [0.15, 0.2) is 5.78 Å². The van der Waals surface area contributed by atoms with Gasteiger partial charge in [-0.05, 0) is 49.6 Å². The van der Waals surface area contributed by atoms with Crippen LogP contribution in [0.5, 0.6) is 11.5 Å². The van der Waals surface area contributed by atoms with Gasteiger partial charge in [0.2, 0.25) is 0 Å². The first-order valence-corrected chi connectivity index (χ1v) is 9.51. The van der Waals surface area contributed by atoms with E-state index in [9.17, 15) is 13.2 Å². The van der Waals surface area contributed by atoms with Gasteiger partial charge in [0.25, 0.3) is 0 Å². The molecule has 0 bridgehead atoms.